The molecular weight excluding hydrogens is 644 g/mol. The third kappa shape index (κ3) is 11.0. The standard InChI is InChI=1S/C37H50N4O7S/c1-26(2)24-41(49(45,46)29-16-17-32-33(21-29)48-19-18-47-32)25-31(42)30(20-27-12-8-6-9-13-27)39-36(44)35(37(3,4)5)40-34(43)23-38-22-28-14-10-7-11-15-28/h6-17,21,26,30-31,35,38,42H,18-20,22-25H2,1-5H3,(H,39,44)(H,40,43)/t30?,31-,35?/m1/s1. The summed E-state index contributed by atoms with van der Waals surface area (Å²) in [7, 11) is -4.08. The second kappa shape index (κ2) is 17.1. The maximum absolute atomic E-state index is 14.0. The number of rotatable bonds is 16. The van der Waals surface area contributed by atoms with E-state index < -0.39 is 39.5 Å². The second-order valence-electron chi connectivity index (χ2n) is 13.8. The van der Waals surface area contributed by atoms with Crippen molar-refractivity contribution in [2.45, 2.75) is 70.7 Å². The molecule has 11 nitrogen and oxygen atoms in total. The Bertz CT molecular complexity index is 1630. The molecule has 1 heterocycles. The fourth-order valence-corrected chi connectivity index (χ4v) is 7.21. The number of hydrogen-bond acceptors (Lipinski definition) is 8. The quantitative estimate of drug-likeness (QED) is 0.178. The predicted octanol–water partition coefficient (Wildman–Crippen LogP) is 3.51. The zero-order chi connectivity index (χ0) is 35.6. The van der Waals surface area contributed by atoms with Crippen LogP contribution in [-0.2, 0) is 32.6 Å². The highest BCUT2D eigenvalue weighted by Crippen LogP contribution is 2.33. The summed E-state index contributed by atoms with van der Waals surface area (Å²) in [6, 6.07) is 21.7. The molecule has 3 aromatic rings. The number of hydrogen-bond donors (Lipinski definition) is 4. The lowest BCUT2D eigenvalue weighted by Crippen LogP contribution is -2.59. The molecule has 12 heteroatoms. The van der Waals surface area contributed by atoms with Crippen molar-refractivity contribution in [1.82, 2.24) is 20.3 Å². The van der Waals surface area contributed by atoms with Gasteiger partial charge < -0.3 is 30.5 Å². The molecule has 0 saturated carbocycles. The van der Waals surface area contributed by atoms with E-state index in [1.54, 1.807) is 6.07 Å². The summed E-state index contributed by atoms with van der Waals surface area (Å²) >= 11 is 0. The van der Waals surface area contributed by atoms with Gasteiger partial charge >= 0.3 is 0 Å². The van der Waals surface area contributed by atoms with Gasteiger partial charge in [0.2, 0.25) is 21.8 Å². The fraction of sp³-hybridized carbons (Fsp3) is 0.459. The second-order valence-corrected chi connectivity index (χ2v) is 15.8. The van der Waals surface area contributed by atoms with Crippen molar-refractivity contribution < 1.29 is 32.6 Å². The largest absolute Gasteiger partial charge is 0.486 e. The smallest absolute Gasteiger partial charge is 0.243 e. The molecule has 0 aromatic heterocycles. The van der Waals surface area contributed by atoms with E-state index in [2.05, 4.69) is 16.0 Å². The van der Waals surface area contributed by atoms with E-state index in [9.17, 15) is 23.1 Å². The minimum atomic E-state index is -4.08. The lowest BCUT2D eigenvalue weighted by molar-refractivity contribution is -0.132. The van der Waals surface area contributed by atoms with Gasteiger partial charge in [0.25, 0.3) is 0 Å². The minimum Gasteiger partial charge on any atom is -0.486 e. The molecule has 1 aliphatic heterocycles. The summed E-state index contributed by atoms with van der Waals surface area (Å²) < 4.78 is 40.5. The van der Waals surface area contributed by atoms with E-state index in [1.807, 2.05) is 95.3 Å². The molecule has 49 heavy (non-hydrogen) atoms. The van der Waals surface area contributed by atoms with Gasteiger partial charge in [-0.15, -0.1) is 0 Å². The number of fused-ring (bicyclic) bond motifs is 1. The first-order valence-electron chi connectivity index (χ1n) is 16.7. The Kier molecular flexibility index (Phi) is 13.2. The molecule has 3 atom stereocenters. The Morgan fingerprint density at radius 1 is 0.857 bits per heavy atom. The first kappa shape index (κ1) is 37.8. The van der Waals surface area contributed by atoms with Gasteiger partial charge in [0.05, 0.1) is 23.6 Å². The van der Waals surface area contributed by atoms with Gasteiger partial charge in [0, 0.05) is 25.7 Å². The molecule has 0 fully saturated rings. The molecule has 0 radical (unpaired) electrons. The van der Waals surface area contributed by atoms with Crippen molar-refractivity contribution in [2.75, 3.05) is 32.8 Å². The van der Waals surface area contributed by atoms with Crippen molar-refractivity contribution >= 4 is 21.8 Å². The summed E-state index contributed by atoms with van der Waals surface area (Å²) in [6.07, 6.45) is -1.06. The number of benzene rings is 3. The maximum Gasteiger partial charge on any atom is 0.243 e. The molecule has 0 bridgehead atoms. The molecule has 1 aliphatic rings. The number of amides is 2. The third-order valence-corrected chi connectivity index (χ3v) is 9.92. The van der Waals surface area contributed by atoms with Crippen molar-refractivity contribution in [3.05, 3.63) is 90.0 Å². The van der Waals surface area contributed by atoms with Crippen molar-refractivity contribution in [3.8, 4) is 11.5 Å². The summed E-state index contributed by atoms with van der Waals surface area (Å²) in [5.74, 6) is -0.0676. The highest BCUT2D eigenvalue weighted by molar-refractivity contribution is 7.89. The van der Waals surface area contributed by atoms with Crippen molar-refractivity contribution in [2.24, 2.45) is 11.3 Å². The van der Waals surface area contributed by atoms with Gasteiger partial charge in [-0.1, -0.05) is 95.3 Å². The molecule has 0 saturated heterocycles. The summed E-state index contributed by atoms with van der Waals surface area (Å²) in [4.78, 5) is 26.9. The van der Waals surface area contributed by atoms with Gasteiger partial charge in [-0.3, -0.25) is 9.59 Å². The number of sulfonamides is 1. The highest BCUT2D eigenvalue weighted by Gasteiger charge is 2.37. The molecule has 2 unspecified atom stereocenters. The van der Waals surface area contributed by atoms with Gasteiger partial charge in [0.1, 0.15) is 19.3 Å². The number of carbonyl (C=O) groups excluding carboxylic acids is 2. The first-order valence-corrected chi connectivity index (χ1v) is 18.1. The SMILES string of the molecule is CC(C)CN(C[C@@H](O)C(Cc1ccccc1)NC(=O)C(NC(=O)CNCc1ccccc1)C(C)(C)C)S(=O)(=O)c1ccc2c(c1)OCCO2. The maximum atomic E-state index is 14.0. The summed E-state index contributed by atoms with van der Waals surface area (Å²) in [5, 5.41) is 20.7. The normalized spacial score (nSPS) is 15.0. The van der Waals surface area contributed by atoms with Crippen LogP contribution >= 0.6 is 0 Å². The van der Waals surface area contributed by atoms with E-state index in [0.29, 0.717) is 31.3 Å². The Morgan fingerprint density at radius 3 is 2.08 bits per heavy atom. The molecule has 3 aromatic carbocycles. The van der Waals surface area contributed by atoms with Crippen LogP contribution in [-0.4, -0.2) is 80.7 Å². The number of ether oxygens (including phenoxy) is 2. The number of aliphatic hydroxyl groups is 1. The zero-order valence-corrected chi connectivity index (χ0v) is 29.8. The van der Waals surface area contributed by atoms with Crippen LogP contribution in [0.1, 0.15) is 45.7 Å². The monoisotopic (exact) mass is 694 g/mol. The number of nitrogens with one attached hydrogen (secondary N) is 3. The van der Waals surface area contributed by atoms with Gasteiger partial charge in [-0.25, -0.2) is 8.42 Å². The Hall–Kier alpha value is -3.97. The van der Waals surface area contributed by atoms with E-state index in [0.717, 1.165) is 11.1 Å². The molecular formula is C37H50N4O7S. The summed E-state index contributed by atoms with van der Waals surface area (Å²) in [6.45, 7) is 10.4. The number of aliphatic hydroxyl groups excluding tert-OH is 1. The van der Waals surface area contributed by atoms with Crippen LogP contribution in [0.5, 0.6) is 11.5 Å². The van der Waals surface area contributed by atoms with Crippen molar-refractivity contribution in [3.63, 3.8) is 0 Å². The topological polar surface area (TPSA) is 146 Å². The van der Waals surface area contributed by atoms with E-state index in [1.165, 1.54) is 16.4 Å². The van der Waals surface area contributed by atoms with E-state index in [4.69, 9.17) is 9.47 Å². The number of carbonyl (C=O) groups is 2. The average molecular weight is 695 g/mol. The van der Waals surface area contributed by atoms with Crippen LogP contribution in [0.25, 0.3) is 0 Å². The van der Waals surface area contributed by atoms with Crippen LogP contribution in [0.2, 0.25) is 0 Å². The van der Waals surface area contributed by atoms with Crippen molar-refractivity contribution in [1.29, 1.82) is 0 Å². The molecule has 4 N–H and O–H groups in total. The Labute approximate surface area is 290 Å². The summed E-state index contributed by atoms with van der Waals surface area (Å²) in [5.41, 5.74) is 1.20. The van der Waals surface area contributed by atoms with Crippen LogP contribution in [0.15, 0.2) is 83.8 Å². The van der Waals surface area contributed by atoms with Crippen LogP contribution in [0, 0.1) is 11.3 Å². The fourth-order valence-electron chi connectivity index (χ4n) is 5.57. The average Bonchev–Trinajstić information content (AvgIpc) is 3.06. The van der Waals surface area contributed by atoms with Crippen LogP contribution in [0.3, 0.4) is 0 Å². The van der Waals surface area contributed by atoms with E-state index >= 15 is 0 Å². The third-order valence-electron chi connectivity index (χ3n) is 8.09. The van der Waals surface area contributed by atoms with Gasteiger partial charge in [-0.05, 0) is 41.0 Å². The lowest BCUT2D eigenvalue weighted by Gasteiger charge is -2.34. The highest BCUT2D eigenvalue weighted by atomic mass is 32.2. The Balaban J connectivity index is 1.53. The zero-order valence-electron chi connectivity index (χ0n) is 29.0. The first-order chi connectivity index (χ1) is 23.2. The minimum absolute atomic E-state index is 0.00665. The molecule has 2 amide bonds. The predicted molar refractivity (Wildman–Crippen MR) is 189 cm³/mol. The van der Waals surface area contributed by atoms with E-state index in [-0.39, 0.29) is 42.8 Å². The lowest BCUT2D eigenvalue weighted by atomic mass is 9.85. The number of nitrogens with zero attached hydrogens (tertiary/aromatic N) is 1. The molecule has 266 valence electrons. The van der Waals surface area contributed by atoms with Crippen LogP contribution in [0.4, 0.5) is 0 Å². The molecule has 0 aliphatic carbocycles. The van der Waals surface area contributed by atoms with Crippen LogP contribution < -0.4 is 25.4 Å². The van der Waals surface area contributed by atoms with Gasteiger partial charge in [0.15, 0.2) is 11.5 Å². The molecule has 0 spiro atoms. The molecule has 4 rings (SSSR count). The van der Waals surface area contributed by atoms with Gasteiger partial charge in [-0.2, -0.15) is 4.31 Å². The Morgan fingerprint density at radius 2 is 1.47 bits per heavy atom.